The molecule has 5 rings (SSSR count). The van der Waals surface area contributed by atoms with Crippen molar-refractivity contribution < 1.29 is 18.4 Å². The van der Waals surface area contributed by atoms with Gasteiger partial charge < -0.3 is 18.6 Å². The van der Waals surface area contributed by atoms with E-state index in [9.17, 15) is 4.39 Å². The predicted octanol–water partition coefficient (Wildman–Crippen LogP) is 2.95. The highest BCUT2D eigenvalue weighted by Crippen LogP contribution is 2.27. The van der Waals surface area contributed by atoms with Gasteiger partial charge in [-0.2, -0.15) is 0 Å². The summed E-state index contributed by atoms with van der Waals surface area (Å²) in [6.45, 7) is 3.72. The lowest BCUT2D eigenvalue weighted by atomic mass is 10.1. The van der Waals surface area contributed by atoms with E-state index in [0.29, 0.717) is 48.6 Å². The van der Waals surface area contributed by atoms with Gasteiger partial charge in [-0.15, -0.1) is 10.2 Å². The third kappa shape index (κ3) is 3.41. The molecule has 3 aromatic heterocycles. The van der Waals surface area contributed by atoms with Crippen LogP contribution in [0.15, 0.2) is 41.2 Å². The van der Waals surface area contributed by atoms with Crippen molar-refractivity contribution in [3.8, 4) is 28.7 Å². The molecule has 1 aliphatic heterocycles. The Balaban J connectivity index is 1.33. The van der Waals surface area contributed by atoms with E-state index in [0.717, 1.165) is 17.0 Å². The van der Waals surface area contributed by atoms with Crippen molar-refractivity contribution in [2.45, 2.75) is 26.7 Å². The molecular formula is C20H17FN6O3. The fraction of sp³-hybridized carbons (Fsp3) is 0.250. The maximum atomic E-state index is 13.2. The van der Waals surface area contributed by atoms with Crippen molar-refractivity contribution in [1.29, 1.82) is 0 Å². The Bertz CT molecular complexity index is 1170. The average Bonchev–Trinajstić information content (AvgIpc) is 3.37. The maximum Gasteiger partial charge on any atom is 0.232 e. The number of aryl methyl sites for hydroxylation is 1. The number of hydrogen-bond acceptors (Lipinski definition) is 8. The Morgan fingerprint density at radius 2 is 2.00 bits per heavy atom. The summed E-state index contributed by atoms with van der Waals surface area (Å²) in [6.07, 6.45) is 3.14. The molecule has 0 saturated heterocycles. The Hall–Kier alpha value is -3.66. The van der Waals surface area contributed by atoms with Crippen LogP contribution in [0.3, 0.4) is 0 Å². The van der Waals surface area contributed by atoms with Crippen molar-refractivity contribution in [3.05, 3.63) is 59.6 Å². The second-order valence-corrected chi connectivity index (χ2v) is 6.75. The molecule has 0 bridgehead atoms. The molecule has 30 heavy (non-hydrogen) atoms. The molecule has 0 N–H and O–H groups in total. The molecule has 0 saturated carbocycles. The molecular weight excluding hydrogens is 391 g/mol. The van der Waals surface area contributed by atoms with E-state index in [4.69, 9.17) is 14.0 Å². The fourth-order valence-corrected chi connectivity index (χ4v) is 3.23. The molecule has 0 aliphatic carbocycles. The zero-order chi connectivity index (χ0) is 20.5. The van der Waals surface area contributed by atoms with Gasteiger partial charge in [0.25, 0.3) is 0 Å². The van der Waals surface area contributed by atoms with Crippen molar-refractivity contribution in [1.82, 2.24) is 29.9 Å². The van der Waals surface area contributed by atoms with Crippen LogP contribution in [0.1, 0.15) is 17.1 Å². The molecule has 0 spiro atoms. The standard InChI is InChI=1S/C20H17FN6O3/c1-12-15(19(26-30-12)13-2-4-14(21)5-3-13)10-29-18-9-22-16(8-23-18)20-25-24-17-11-28-7-6-27(17)20/h2-5,8-9H,6-7,10-11H2,1H3. The Morgan fingerprint density at radius 1 is 1.13 bits per heavy atom. The summed E-state index contributed by atoms with van der Waals surface area (Å²) in [5.74, 6) is 2.09. The molecule has 9 nitrogen and oxygen atoms in total. The minimum Gasteiger partial charge on any atom is -0.471 e. The molecule has 152 valence electrons. The lowest BCUT2D eigenvalue weighted by Crippen LogP contribution is -2.17. The van der Waals surface area contributed by atoms with Crippen molar-refractivity contribution in [2.24, 2.45) is 0 Å². The molecule has 4 heterocycles. The van der Waals surface area contributed by atoms with Crippen LogP contribution in [0, 0.1) is 12.7 Å². The van der Waals surface area contributed by atoms with E-state index in [-0.39, 0.29) is 12.4 Å². The molecule has 1 aromatic carbocycles. The fourth-order valence-electron chi connectivity index (χ4n) is 3.23. The van der Waals surface area contributed by atoms with Crippen molar-refractivity contribution >= 4 is 0 Å². The number of fused-ring (bicyclic) bond motifs is 1. The van der Waals surface area contributed by atoms with Crippen molar-refractivity contribution in [3.63, 3.8) is 0 Å². The van der Waals surface area contributed by atoms with Crippen LogP contribution in [0.25, 0.3) is 22.8 Å². The summed E-state index contributed by atoms with van der Waals surface area (Å²) >= 11 is 0. The first kappa shape index (κ1) is 18.4. The number of halogens is 1. The third-order valence-corrected chi connectivity index (χ3v) is 4.84. The zero-order valence-corrected chi connectivity index (χ0v) is 16.1. The summed E-state index contributed by atoms with van der Waals surface area (Å²) in [6, 6.07) is 6.05. The number of nitrogens with zero attached hydrogens (tertiary/aromatic N) is 6. The lowest BCUT2D eigenvalue weighted by molar-refractivity contribution is 0.0820. The van der Waals surface area contributed by atoms with Gasteiger partial charge in [-0.05, 0) is 31.2 Å². The van der Waals surface area contributed by atoms with Crippen molar-refractivity contribution in [2.75, 3.05) is 6.61 Å². The first-order valence-electron chi connectivity index (χ1n) is 9.35. The van der Waals surface area contributed by atoms with Crippen LogP contribution >= 0.6 is 0 Å². The minimum absolute atomic E-state index is 0.188. The largest absolute Gasteiger partial charge is 0.471 e. The number of ether oxygens (including phenoxy) is 2. The third-order valence-electron chi connectivity index (χ3n) is 4.84. The molecule has 0 amide bonds. The topological polar surface area (TPSA) is 101 Å². The molecule has 4 aromatic rings. The minimum atomic E-state index is -0.311. The second kappa shape index (κ2) is 7.64. The average molecular weight is 408 g/mol. The Morgan fingerprint density at radius 3 is 2.80 bits per heavy atom. The highest BCUT2D eigenvalue weighted by molar-refractivity contribution is 5.63. The van der Waals surface area contributed by atoms with E-state index >= 15 is 0 Å². The van der Waals surface area contributed by atoms with Crippen LogP contribution in [0.5, 0.6) is 5.88 Å². The van der Waals surface area contributed by atoms with Gasteiger partial charge in [-0.3, -0.25) is 0 Å². The molecule has 10 heteroatoms. The summed E-state index contributed by atoms with van der Waals surface area (Å²) in [7, 11) is 0. The van der Waals surface area contributed by atoms with Gasteiger partial charge in [0.05, 0.1) is 24.6 Å². The summed E-state index contributed by atoms with van der Waals surface area (Å²) in [5, 5.41) is 12.4. The van der Waals surface area contributed by atoms with Crippen LogP contribution in [0.2, 0.25) is 0 Å². The Kier molecular flexibility index (Phi) is 4.68. The van der Waals surface area contributed by atoms with Gasteiger partial charge in [-0.1, -0.05) is 5.16 Å². The van der Waals surface area contributed by atoms with Gasteiger partial charge in [0.1, 0.15) is 36.2 Å². The van der Waals surface area contributed by atoms with E-state index in [1.807, 2.05) is 4.57 Å². The molecule has 1 aliphatic rings. The first-order chi connectivity index (χ1) is 14.7. The summed E-state index contributed by atoms with van der Waals surface area (Å²) in [4.78, 5) is 8.74. The molecule has 0 unspecified atom stereocenters. The second-order valence-electron chi connectivity index (χ2n) is 6.75. The van der Waals surface area contributed by atoms with Crippen LogP contribution < -0.4 is 4.74 Å². The first-order valence-corrected chi connectivity index (χ1v) is 9.35. The van der Waals surface area contributed by atoms with Crippen LogP contribution in [-0.2, 0) is 24.5 Å². The number of benzene rings is 1. The Labute approximate surface area is 170 Å². The molecule has 0 atom stereocenters. The summed E-state index contributed by atoms with van der Waals surface area (Å²) < 4.78 is 31.7. The predicted molar refractivity (Wildman–Crippen MR) is 102 cm³/mol. The highest BCUT2D eigenvalue weighted by Gasteiger charge is 2.19. The molecule has 0 radical (unpaired) electrons. The maximum absolute atomic E-state index is 13.2. The van der Waals surface area contributed by atoms with Gasteiger partial charge in [-0.25, -0.2) is 14.4 Å². The van der Waals surface area contributed by atoms with E-state index in [2.05, 4.69) is 25.3 Å². The highest BCUT2D eigenvalue weighted by atomic mass is 19.1. The SMILES string of the molecule is Cc1onc(-c2ccc(F)cc2)c1COc1cnc(-c2nnc3n2CCOC3)cn1. The van der Waals surface area contributed by atoms with Crippen LogP contribution in [0.4, 0.5) is 4.39 Å². The van der Waals surface area contributed by atoms with E-state index < -0.39 is 0 Å². The normalized spacial score (nSPS) is 13.3. The summed E-state index contributed by atoms with van der Waals surface area (Å²) in [5.41, 5.74) is 2.72. The lowest BCUT2D eigenvalue weighted by Gasteiger charge is -2.15. The molecule has 0 fully saturated rings. The van der Waals surface area contributed by atoms with Crippen LogP contribution in [-0.4, -0.2) is 36.5 Å². The monoisotopic (exact) mass is 408 g/mol. The smallest absolute Gasteiger partial charge is 0.232 e. The van der Waals surface area contributed by atoms with E-state index in [1.54, 1.807) is 25.3 Å². The van der Waals surface area contributed by atoms with Gasteiger partial charge >= 0.3 is 0 Å². The van der Waals surface area contributed by atoms with Gasteiger partial charge in [0.2, 0.25) is 5.88 Å². The number of aromatic nitrogens is 6. The van der Waals surface area contributed by atoms with Gasteiger partial charge in [0, 0.05) is 12.1 Å². The quantitative estimate of drug-likeness (QED) is 0.497. The van der Waals surface area contributed by atoms with E-state index in [1.165, 1.54) is 18.3 Å². The zero-order valence-electron chi connectivity index (χ0n) is 16.1. The number of rotatable bonds is 5. The number of hydrogen-bond donors (Lipinski definition) is 0. The van der Waals surface area contributed by atoms with Gasteiger partial charge in [0.15, 0.2) is 11.6 Å².